The van der Waals surface area contributed by atoms with Crippen LogP contribution in [0.25, 0.3) is 0 Å². The Hall–Kier alpha value is -3.27. The monoisotopic (exact) mass is 404 g/mol. The van der Waals surface area contributed by atoms with E-state index in [0.29, 0.717) is 5.56 Å². The van der Waals surface area contributed by atoms with Crippen LogP contribution in [0.1, 0.15) is 32.6 Å². The van der Waals surface area contributed by atoms with Crippen LogP contribution in [0.2, 0.25) is 0 Å². The summed E-state index contributed by atoms with van der Waals surface area (Å²) in [6, 6.07) is 22.5. The van der Waals surface area contributed by atoms with Crippen molar-refractivity contribution in [2.24, 2.45) is 0 Å². The minimum absolute atomic E-state index is 0.301. The molecule has 0 N–H and O–H groups in total. The summed E-state index contributed by atoms with van der Waals surface area (Å²) in [7, 11) is 4.71. The van der Waals surface area contributed by atoms with Gasteiger partial charge in [-0.15, -0.1) is 0 Å². The van der Waals surface area contributed by atoms with Crippen molar-refractivity contribution in [1.29, 1.82) is 0 Å². The first-order chi connectivity index (χ1) is 14.6. The topological polar surface area (TPSA) is 44.8 Å². The lowest BCUT2D eigenvalue weighted by Gasteiger charge is -2.10. The molecule has 4 nitrogen and oxygen atoms in total. The second-order valence-electron chi connectivity index (χ2n) is 7.19. The Balaban J connectivity index is 1.52. The maximum Gasteiger partial charge on any atom is 0.337 e. The van der Waals surface area contributed by atoms with Crippen molar-refractivity contribution >= 4 is 5.97 Å². The Labute approximate surface area is 178 Å². The third-order valence-corrected chi connectivity index (χ3v) is 5.25. The van der Waals surface area contributed by atoms with Gasteiger partial charge in [-0.25, -0.2) is 4.79 Å². The summed E-state index contributed by atoms with van der Waals surface area (Å²) in [5.74, 6) is 1.22. The number of methoxy groups -OCH3 is 3. The second kappa shape index (κ2) is 10.5. The molecule has 3 aromatic rings. The van der Waals surface area contributed by atoms with Crippen LogP contribution in [-0.2, 0) is 30.4 Å². The predicted octanol–water partition coefficient (Wildman–Crippen LogP) is 5.06. The van der Waals surface area contributed by atoms with Crippen molar-refractivity contribution in [3.63, 3.8) is 0 Å². The lowest BCUT2D eigenvalue weighted by Crippen LogP contribution is -2.01. The molecule has 0 bridgehead atoms. The van der Waals surface area contributed by atoms with E-state index in [2.05, 4.69) is 30.3 Å². The number of rotatable bonds is 9. The molecular weight excluding hydrogens is 376 g/mol. The highest BCUT2D eigenvalue weighted by molar-refractivity contribution is 5.89. The molecule has 0 atom stereocenters. The SMILES string of the molecule is COC(=O)c1ccc(CCc2ccc(CCc3ccc(OC)c(OC)c3)cc2)cc1. The molecule has 3 aromatic carbocycles. The number of carbonyl (C=O) groups is 1. The van der Waals surface area contributed by atoms with Crippen LogP contribution >= 0.6 is 0 Å². The summed E-state index contributed by atoms with van der Waals surface area (Å²) in [4.78, 5) is 11.5. The largest absolute Gasteiger partial charge is 0.493 e. The summed E-state index contributed by atoms with van der Waals surface area (Å²) in [5.41, 5.74) is 5.64. The first-order valence-corrected chi connectivity index (χ1v) is 10.1. The quantitative estimate of drug-likeness (QED) is 0.468. The molecule has 0 aliphatic carbocycles. The van der Waals surface area contributed by atoms with E-state index in [-0.39, 0.29) is 5.97 Å². The molecule has 0 amide bonds. The molecule has 30 heavy (non-hydrogen) atoms. The zero-order chi connectivity index (χ0) is 21.3. The van der Waals surface area contributed by atoms with Crippen LogP contribution in [0.15, 0.2) is 66.7 Å². The molecule has 0 spiro atoms. The van der Waals surface area contributed by atoms with Crippen LogP contribution in [-0.4, -0.2) is 27.3 Å². The number of hydrogen-bond donors (Lipinski definition) is 0. The van der Waals surface area contributed by atoms with Crippen molar-refractivity contribution < 1.29 is 19.0 Å². The average molecular weight is 405 g/mol. The minimum atomic E-state index is -0.301. The molecule has 0 saturated carbocycles. The van der Waals surface area contributed by atoms with Crippen molar-refractivity contribution in [3.8, 4) is 11.5 Å². The first-order valence-electron chi connectivity index (χ1n) is 10.1. The molecule has 3 rings (SSSR count). The fourth-order valence-electron chi connectivity index (χ4n) is 3.41. The number of aryl methyl sites for hydroxylation is 4. The zero-order valence-electron chi connectivity index (χ0n) is 17.8. The van der Waals surface area contributed by atoms with E-state index in [1.165, 1.54) is 29.4 Å². The normalized spacial score (nSPS) is 10.5. The molecule has 0 saturated heterocycles. The van der Waals surface area contributed by atoms with Gasteiger partial charge in [0.2, 0.25) is 0 Å². The van der Waals surface area contributed by atoms with Gasteiger partial charge in [0.1, 0.15) is 0 Å². The maximum atomic E-state index is 11.5. The maximum absolute atomic E-state index is 11.5. The van der Waals surface area contributed by atoms with Crippen molar-refractivity contribution in [3.05, 3.63) is 94.5 Å². The summed E-state index contributed by atoms with van der Waals surface area (Å²) >= 11 is 0. The lowest BCUT2D eigenvalue weighted by molar-refractivity contribution is 0.0600. The highest BCUT2D eigenvalue weighted by Gasteiger charge is 2.06. The van der Waals surface area contributed by atoms with Gasteiger partial charge in [-0.1, -0.05) is 42.5 Å². The first kappa shape index (κ1) is 21.4. The van der Waals surface area contributed by atoms with Gasteiger partial charge < -0.3 is 14.2 Å². The van der Waals surface area contributed by atoms with Crippen LogP contribution in [0.4, 0.5) is 0 Å². The van der Waals surface area contributed by atoms with Gasteiger partial charge in [0, 0.05) is 0 Å². The number of carbonyl (C=O) groups excluding carboxylic acids is 1. The molecule has 0 radical (unpaired) electrons. The number of benzene rings is 3. The minimum Gasteiger partial charge on any atom is -0.493 e. The van der Waals surface area contributed by atoms with E-state index in [9.17, 15) is 4.79 Å². The highest BCUT2D eigenvalue weighted by atomic mass is 16.5. The Bertz CT molecular complexity index is 959. The smallest absolute Gasteiger partial charge is 0.337 e. The van der Waals surface area contributed by atoms with Gasteiger partial charge in [-0.05, 0) is 72.2 Å². The van der Waals surface area contributed by atoms with E-state index in [1.54, 1.807) is 14.2 Å². The Morgan fingerprint density at radius 3 is 1.50 bits per heavy atom. The summed E-state index contributed by atoms with van der Waals surface area (Å²) in [6.45, 7) is 0. The third kappa shape index (κ3) is 5.63. The van der Waals surface area contributed by atoms with Gasteiger partial charge in [0.25, 0.3) is 0 Å². The third-order valence-electron chi connectivity index (χ3n) is 5.25. The molecule has 0 fully saturated rings. The van der Waals surface area contributed by atoms with Gasteiger partial charge >= 0.3 is 5.97 Å². The van der Waals surface area contributed by atoms with Gasteiger partial charge in [0.15, 0.2) is 11.5 Å². The number of hydrogen-bond acceptors (Lipinski definition) is 4. The molecule has 0 aromatic heterocycles. The zero-order valence-corrected chi connectivity index (χ0v) is 17.8. The van der Waals surface area contributed by atoms with Gasteiger partial charge in [-0.3, -0.25) is 0 Å². The molecular formula is C26H28O4. The van der Waals surface area contributed by atoms with Gasteiger partial charge in [-0.2, -0.15) is 0 Å². The summed E-state index contributed by atoms with van der Waals surface area (Å²) in [5, 5.41) is 0. The van der Waals surface area contributed by atoms with Gasteiger partial charge in [0.05, 0.1) is 26.9 Å². The molecule has 0 aliphatic rings. The molecule has 0 aliphatic heterocycles. The fraction of sp³-hybridized carbons (Fsp3) is 0.269. The van der Waals surface area contributed by atoms with Crippen LogP contribution in [0.5, 0.6) is 11.5 Å². The number of ether oxygens (including phenoxy) is 3. The Morgan fingerprint density at radius 2 is 1.03 bits per heavy atom. The predicted molar refractivity (Wildman–Crippen MR) is 119 cm³/mol. The molecule has 4 heteroatoms. The van der Waals surface area contributed by atoms with E-state index in [1.807, 2.05) is 36.4 Å². The van der Waals surface area contributed by atoms with Crippen molar-refractivity contribution in [1.82, 2.24) is 0 Å². The van der Waals surface area contributed by atoms with E-state index < -0.39 is 0 Å². The van der Waals surface area contributed by atoms with E-state index in [4.69, 9.17) is 14.2 Å². The van der Waals surface area contributed by atoms with Crippen LogP contribution < -0.4 is 9.47 Å². The van der Waals surface area contributed by atoms with E-state index in [0.717, 1.165) is 37.2 Å². The highest BCUT2D eigenvalue weighted by Crippen LogP contribution is 2.28. The average Bonchev–Trinajstić information content (AvgIpc) is 2.81. The lowest BCUT2D eigenvalue weighted by atomic mass is 10.00. The van der Waals surface area contributed by atoms with E-state index >= 15 is 0 Å². The standard InChI is InChI=1S/C26H28O4/c1-28-24-17-14-22(18-25(24)29-2)11-10-20-6-4-19(5-7-20)8-9-21-12-15-23(16-13-21)26(27)30-3/h4-7,12-18H,8-11H2,1-3H3. The van der Waals surface area contributed by atoms with Crippen molar-refractivity contribution in [2.75, 3.05) is 21.3 Å². The Morgan fingerprint density at radius 1 is 0.600 bits per heavy atom. The van der Waals surface area contributed by atoms with Crippen LogP contribution in [0, 0.1) is 0 Å². The number of esters is 1. The summed E-state index contributed by atoms with van der Waals surface area (Å²) < 4.78 is 15.4. The van der Waals surface area contributed by atoms with Crippen molar-refractivity contribution in [2.45, 2.75) is 25.7 Å². The van der Waals surface area contributed by atoms with Crippen LogP contribution in [0.3, 0.4) is 0 Å². The molecule has 156 valence electrons. The second-order valence-corrected chi connectivity index (χ2v) is 7.19. The fourth-order valence-corrected chi connectivity index (χ4v) is 3.41. The molecule has 0 unspecified atom stereocenters. The molecule has 0 heterocycles. The summed E-state index contributed by atoms with van der Waals surface area (Å²) in [6.07, 6.45) is 3.83. The Kier molecular flexibility index (Phi) is 7.50.